The fourth-order valence-corrected chi connectivity index (χ4v) is 14.1. The molecule has 23 nitrogen and oxygen atoms in total. The molecule has 2 aromatic carbocycles. The number of likely N-dealkylation sites (N-methyl/N-ethyl adjacent to an activating group) is 4. The fraction of sp³-hybridized carbons (Fsp3) is 0.417. The fourth-order valence-electron chi connectivity index (χ4n) is 7.81. The molecule has 0 aliphatic carbocycles. The molecule has 4 aromatic rings. The molecule has 412 valence electrons. The van der Waals surface area contributed by atoms with Crippen LogP contribution in [0.4, 0.5) is 0 Å². The predicted octanol–water partition coefficient (Wildman–Crippen LogP) is 0.301. The Labute approximate surface area is 465 Å². The number of amides is 8. The number of hydrogen-bond acceptors (Lipinski definition) is 20. The Kier molecular flexibility index (Phi) is 21.4. The minimum atomic E-state index is -1.72. The number of nitrogens with zero attached hydrogens (tertiary/aromatic N) is 6. The summed E-state index contributed by atoms with van der Waals surface area (Å²) in [5, 5.41) is 31.2. The zero-order chi connectivity index (χ0) is 56.2. The van der Waals surface area contributed by atoms with Crippen molar-refractivity contribution in [3.63, 3.8) is 0 Å². The van der Waals surface area contributed by atoms with E-state index in [1.165, 1.54) is 58.3 Å². The van der Waals surface area contributed by atoms with Gasteiger partial charge in [0.2, 0.25) is 45.7 Å². The molecule has 6 rings (SSSR count). The van der Waals surface area contributed by atoms with E-state index in [1.54, 1.807) is 54.8 Å². The normalized spacial score (nSPS) is 23.1. The van der Waals surface area contributed by atoms with Crippen LogP contribution < -0.4 is 21.3 Å². The molecule has 2 aromatic heterocycles. The maximum absolute atomic E-state index is 14.7. The minimum Gasteiger partial charge on any atom is -0.505 e. The highest BCUT2D eigenvalue weighted by molar-refractivity contribution is 8.76. The van der Waals surface area contributed by atoms with Crippen LogP contribution in [-0.4, -0.2) is 226 Å². The first-order valence-electron chi connectivity index (χ1n) is 23.4. The number of pyridine rings is 2. The zero-order valence-electron chi connectivity index (χ0n) is 42.4. The summed E-state index contributed by atoms with van der Waals surface area (Å²) < 4.78 is 12.9. The molecule has 0 radical (unpaired) electrons. The van der Waals surface area contributed by atoms with Crippen molar-refractivity contribution in [2.24, 2.45) is 0 Å². The van der Waals surface area contributed by atoms with Gasteiger partial charge in [0.15, 0.2) is 11.4 Å². The molecule has 0 spiro atoms. The molecule has 29 heteroatoms. The Morgan fingerprint density at radius 3 is 1.47 bits per heavy atom. The summed E-state index contributed by atoms with van der Waals surface area (Å²) in [5.41, 5.74) is -0.200. The van der Waals surface area contributed by atoms with Gasteiger partial charge in [-0.2, -0.15) is 11.8 Å². The number of carbonyl (C=O) groups excluding carboxylic acids is 10. The first-order valence-corrected chi connectivity index (χ1v) is 31.0. The van der Waals surface area contributed by atoms with Gasteiger partial charge in [0.1, 0.15) is 47.8 Å². The van der Waals surface area contributed by atoms with Gasteiger partial charge in [-0.3, -0.25) is 52.2 Å². The van der Waals surface area contributed by atoms with E-state index in [-0.39, 0.29) is 17.3 Å². The van der Waals surface area contributed by atoms with Crippen molar-refractivity contribution in [3.8, 4) is 11.5 Å². The van der Waals surface area contributed by atoms with Crippen LogP contribution in [-0.2, 0) is 49.2 Å². The van der Waals surface area contributed by atoms with Gasteiger partial charge in [-0.25, -0.2) is 9.97 Å². The number of thioether (sulfide) groups is 3. The summed E-state index contributed by atoms with van der Waals surface area (Å²) in [7, 11) is 5.57. The van der Waals surface area contributed by atoms with Crippen LogP contribution in [0.3, 0.4) is 0 Å². The molecular formula is C48H56N10O13S6. The highest BCUT2D eigenvalue weighted by atomic mass is 33.1. The molecule has 6 N–H and O–H groups in total. The Bertz CT molecular complexity index is 2990. The van der Waals surface area contributed by atoms with Gasteiger partial charge in [-0.1, -0.05) is 81.5 Å². The lowest BCUT2D eigenvalue weighted by molar-refractivity contribution is -0.144. The monoisotopic (exact) mass is 1170 g/mol. The molecule has 2 aliphatic heterocycles. The van der Waals surface area contributed by atoms with Crippen LogP contribution in [0.25, 0.3) is 21.8 Å². The summed E-state index contributed by atoms with van der Waals surface area (Å²) in [6.07, 6.45) is 3.00. The van der Waals surface area contributed by atoms with Crippen molar-refractivity contribution >= 4 is 147 Å². The Morgan fingerprint density at radius 2 is 1.05 bits per heavy atom. The molecule has 8 amide bonds. The zero-order valence-corrected chi connectivity index (χ0v) is 47.3. The molecule has 2 aliphatic rings. The van der Waals surface area contributed by atoms with Crippen molar-refractivity contribution < 1.29 is 62.4 Å². The second-order valence-electron chi connectivity index (χ2n) is 17.6. The van der Waals surface area contributed by atoms with E-state index in [9.17, 15) is 62.4 Å². The van der Waals surface area contributed by atoms with Crippen molar-refractivity contribution in [2.45, 2.75) is 36.3 Å². The summed E-state index contributed by atoms with van der Waals surface area (Å²) in [5.74, 6) is -9.82. The van der Waals surface area contributed by atoms with Crippen molar-refractivity contribution in [1.82, 2.24) is 50.8 Å². The Hall–Kier alpha value is -6.14. The smallest absolute Gasteiger partial charge is 0.274 e. The van der Waals surface area contributed by atoms with Crippen LogP contribution in [0.2, 0.25) is 0 Å². The highest BCUT2D eigenvalue weighted by Crippen LogP contribution is 2.29. The third-order valence-corrected chi connectivity index (χ3v) is 18.3. The number of aromatic nitrogens is 2. The molecular weight excluding hydrogens is 1120 g/mol. The number of para-hydroxylation sites is 2. The van der Waals surface area contributed by atoms with E-state index in [1.807, 2.05) is 0 Å². The maximum atomic E-state index is 14.7. The van der Waals surface area contributed by atoms with Crippen LogP contribution in [0, 0.1) is 0 Å². The topological polar surface area (TPSA) is 315 Å². The lowest BCUT2D eigenvalue weighted by Crippen LogP contribution is -2.57. The predicted molar refractivity (Wildman–Crippen MR) is 299 cm³/mol. The van der Waals surface area contributed by atoms with Gasteiger partial charge < -0.3 is 51.1 Å². The quantitative estimate of drug-likeness (QED) is 0.129. The van der Waals surface area contributed by atoms with Crippen LogP contribution >= 0.6 is 56.9 Å². The van der Waals surface area contributed by atoms with Gasteiger partial charge in [0, 0.05) is 84.8 Å². The molecule has 2 bridgehead atoms. The first-order chi connectivity index (χ1) is 36.6. The third-order valence-electron chi connectivity index (χ3n) is 12.4. The molecule has 4 heterocycles. The van der Waals surface area contributed by atoms with Gasteiger partial charge in [0.25, 0.3) is 11.8 Å². The second kappa shape index (κ2) is 27.4. The summed E-state index contributed by atoms with van der Waals surface area (Å²) >= 11 is 2.32. The van der Waals surface area contributed by atoms with Gasteiger partial charge in [-0.15, -0.1) is 0 Å². The molecule has 7 atom stereocenters. The van der Waals surface area contributed by atoms with Gasteiger partial charge in [0.05, 0.1) is 29.9 Å². The van der Waals surface area contributed by atoms with Crippen LogP contribution in [0.1, 0.15) is 21.0 Å². The Balaban J connectivity index is 1.37. The van der Waals surface area contributed by atoms with Crippen molar-refractivity contribution in [1.29, 1.82) is 0 Å². The van der Waals surface area contributed by atoms with E-state index in [4.69, 9.17) is 0 Å². The number of fused-ring (bicyclic) bond motifs is 7. The van der Waals surface area contributed by atoms with Crippen molar-refractivity contribution in [3.05, 3.63) is 72.1 Å². The van der Waals surface area contributed by atoms with Crippen LogP contribution in [0.15, 0.2) is 60.7 Å². The molecule has 0 saturated carbocycles. The van der Waals surface area contributed by atoms with E-state index >= 15 is 0 Å². The summed E-state index contributed by atoms with van der Waals surface area (Å²) in [6, 6.07) is 7.36. The third kappa shape index (κ3) is 15.1. The first kappa shape index (κ1) is 60.1. The highest BCUT2D eigenvalue weighted by Gasteiger charge is 2.40. The average molecular weight is 1170 g/mol. The van der Waals surface area contributed by atoms with E-state index < -0.39 is 158 Å². The Morgan fingerprint density at radius 1 is 0.649 bits per heavy atom. The molecule has 77 heavy (non-hydrogen) atoms. The van der Waals surface area contributed by atoms with E-state index in [0.717, 1.165) is 41.2 Å². The van der Waals surface area contributed by atoms with Gasteiger partial charge >= 0.3 is 0 Å². The largest absolute Gasteiger partial charge is 0.505 e. The van der Waals surface area contributed by atoms with Gasteiger partial charge in [-0.05, 0) is 30.5 Å². The van der Waals surface area contributed by atoms with Crippen molar-refractivity contribution in [2.75, 3.05) is 88.3 Å². The molecule has 1 unspecified atom stereocenters. The number of nitrogens with one attached hydrogen (secondary N) is 4. The minimum absolute atomic E-state index is 0.0411. The number of aromatic hydroxyl groups is 2. The van der Waals surface area contributed by atoms with E-state index in [0.29, 0.717) is 45.3 Å². The lowest BCUT2D eigenvalue weighted by atomic mass is 10.1. The SMILES string of the molecule is CSC[C@H]1C(=O)SC[C@@H](NC(=O)c2nc3ccccc3cc2O)C(=O)NCC(=O)N(C)[C@H]2CSSC[C@@H](C(=O)N1C)N(C)C(=O)CNC(=O)[C@H](NC(=O)c1nc3ccccc3cc1O)CSC(=O)[C@H](CS(C)=O)N(C)C2=O. The standard InChI is InChI=1S/C48H56N10O13S6/c1-55-31-22-75-76-23-32(46(68)58(4)34(24-77(6)71)48(70)74-20-30(42(64)50-17-37(55)61)54-44(66)40-36(60)16-26-12-8-10-14-28(26)52-40)56(2)38(62)18-49-41(63)29(19-73-47(69)33(21-72-5)57(3)45(31)67)53-43(65)39-35(59)15-25-11-7-9-13-27(25)51-39/h7-16,29-34,59-60H,17-24H2,1-6H3,(H,49,63)(H,50,64)(H,53,65)(H,54,66)/t29-,30-,31+,32+,33+,34+,77?/m1/s1. The number of benzene rings is 2. The lowest BCUT2D eigenvalue weighted by Gasteiger charge is -2.35. The summed E-state index contributed by atoms with van der Waals surface area (Å²) in [6.45, 7) is -1.48. The number of carbonyl (C=O) groups is 10. The summed E-state index contributed by atoms with van der Waals surface area (Å²) in [4.78, 5) is 155. The number of hydrogen-bond donors (Lipinski definition) is 6. The second-order valence-corrected chi connectivity index (χ2v) is 24.6. The average Bonchev–Trinajstić information content (AvgIpc) is 3.41. The molecule has 2 fully saturated rings. The maximum Gasteiger partial charge on any atom is 0.274 e. The molecule has 2 saturated heterocycles. The van der Waals surface area contributed by atoms with Crippen LogP contribution in [0.5, 0.6) is 11.5 Å². The number of rotatable bonds is 8. The van der Waals surface area contributed by atoms with E-state index in [2.05, 4.69) is 31.2 Å².